The van der Waals surface area contributed by atoms with Gasteiger partial charge in [0.25, 0.3) is 0 Å². The first-order chi connectivity index (χ1) is 8.76. The van der Waals surface area contributed by atoms with E-state index in [9.17, 15) is 0 Å². The molecule has 0 spiro atoms. The number of nitrogens with zero attached hydrogens (tertiary/aromatic N) is 3. The molecule has 0 saturated carbocycles. The van der Waals surface area contributed by atoms with E-state index in [0.29, 0.717) is 0 Å². The summed E-state index contributed by atoms with van der Waals surface area (Å²) in [5, 5.41) is 8.39. The maximum atomic E-state index is 4.21. The Hall–Kier alpha value is -0.860. The number of aromatic nitrogens is 3. The topological polar surface area (TPSA) is 30.7 Å². The summed E-state index contributed by atoms with van der Waals surface area (Å²) in [5.41, 5.74) is 1.15. The number of unbranched alkanes of at least 4 members (excludes halogenated alkanes) is 3. The molecule has 0 aromatic carbocycles. The molecule has 1 unspecified atom stereocenters. The minimum absolute atomic E-state index is 0.886. The molecule has 1 aromatic rings. The van der Waals surface area contributed by atoms with Gasteiger partial charge < -0.3 is 0 Å². The number of hydrogen-bond acceptors (Lipinski definition) is 2. The summed E-state index contributed by atoms with van der Waals surface area (Å²) in [6.45, 7) is 7.86. The summed E-state index contributed by atoms with van der Waals surface area (Å²) < 4.78 is 2.01. The zero-order chi connectivity index (χ0) is 13.2. The molecule has 0 N–H and O–H groups in total. The molecule has 1 heterocycles. The predicted octanol–water partition coefficient (Wildman–Crippen LogP) is 4.23. The lowest BCUT2D eigenvalue weighted by molar-refractivity contribution is 0.459. The average Bonchev–Trinajstić information content (AvgIpc) is 2.83. The number of rotatable bonds is 10. The van der Waals surface area contributed by atoms with E-state index in [2.05, 4.69) is 37.3 Å². The van der Waals surface area contributed by atoms with Crippen LogP contribution in [-0.2, 0) is 13.0 Å². The molecule has 1 aromatic heterocycles. The summed E-state index contributed by atoms with van der Waals surface area (Å²) in [6, 6.07) is 0. The van der Waals surface area contributed by atoms with Crippen molar-refractivity contribution in [3.05, 3.63) is 11.9 Å². The Morgan fingerprint density at radius 1 is 1.17 bits per heavy atom. The zero-order valence-corrected chi connectivity index (χ0v) is 12.4. The van der Waals surface area contributed by atoms with Gasteiger partial charge in [0.1, 0.15) is 0 Å². The highest BCUT2D eigenvalue weighted by atomic mass is 15.4. The highest BCUT2D eigenvalue weighted by molar-refractivity contribution is 4.91. The second-order valence-electron chi connectivity index (χ2n) is 5.44. The fourth-order valence-corrected chi connectivity index (χ4v) is 2.07. The smallest absolute Gasteiger partial charge is 0.0827 e. The van der Waals surface area contributed by atoms with Crippen LogP contribution < -0.4 is 0 Å². The molecule has 0 saturated heterocycles. The lowest BCUT2D eigenvalue weighted by Gasteiger charge is -2.07. The summed E-state index contributed by atoms with van der Waals surface area (Å²) >= 11 is 0. The largest absolute Gasteiger partial charge is 0.252 e. The highest BCUT2D eigenvalue weighted by Crippen LogP contribution is 2.12. The van der Waals surface area contributed by atoms with Crippen LogP contribution in [0.3, 0.4) is 0 Å². The zero-order valence-electron chi connectivity index (χ0n) is 12.4. The Kier molecular flexibility index (Phi) is 7.70. The molecule has 0 bridgehead atoms. The average molecular weight is 251 g/mol. The van der Waals surface area contributed by atoms with Crippen molar-refractivity contribution in [2.75, 3.05) is 0 Å². The molecule has 104 valence electrons. The third kappa shape index (κ3) is 6.18. The van der Waals surface area contributed by atoms with Crippen LogP contribution in [0.15, 0.2) is 6.20 Å². The summed E-state index contributed by atoms with van der Waals surface area (Å²) in [6.07, 6.45) is 12.2. The second kappa shape index (κ2) is 9.12. The molecule has 0 fully saturated rings. The first-order valence-electron chi connectivity index (χ1n) is 7.65. The lowest BCUT2D eigenvalue weighted by Crippen LogP contribution is -1.99. The van der Waals surface area contributed by atoms with Gasteiger partial charge in [-0.1, -0.05) is 58.1 Å². The lowest BCUT2D eigenvalue weighted by atomic mass is 10.0. The quantitative estimate of drug-likeness (QED) is 0.583. The molecular formula is C15H29N3. The van der Waals surface area contributed by atoms with Crippen molar-refractivity contribution in [2.45, 2.75) is 78.7 Å². The van der Waals surface area contributed by atoms with Crippen molar-refractivity contribution in [1.29, 1.82) is 0 Å². The van der Waals surface area contributed by atoms with Gasteiger partial charge in [0.2, 0.25) is 0 Å². The molecule has 0 aliphatic carbocycles. The van der Waals surface area contributed by atoms with Gasteiger partial charge in [0.15, 0.2) is 0 Å². The maximum absolute atomic E-state index is 4.21. The molecule has 0 aliphatic heterocycles. The Bertz CT molecular complexity index is 306. The summed E-state index contributed by atoms with van der Waals surface area (Å²) in [4.78, 5) is 0. The van der Waals surface area contributed by atoms with E-state index in [4.69, 9.17) is 0 Å². The Morgan fingerprint density at radius 2 is 2.00 bits per heavy atom. The molecule has 3 nitrogen and oxygen atoms in total. The van der Waals surface area contributed by atoms with Gasteiger partial charge in [-0.3, -0.25) is 4.68 Å². The summed E-state index contributed by atoms with van der Waals surface area (Å²) in [5.74, 6) is 0.886. The third-order valence-corrected chi connectivity index (χ3v) is 3.65. The first-order valence-corrected chi connectivity index (χ1v) is 7.65. The van der Waals surface area contributed by atoms with E-state index >= 15 is 0 Å². The highest BCUT2D eigenvalue weighted by Gasteiger charge is 2.01. The van der Waals surface area contributed by atoms with Crippen molar-refractivity contribution >= 4 is 0 Å². The molecule has 1 rings (SSSR count). The van der Waals surface area contributed by atoms with Crippen LogP contribution in [0, 0.1) is 5.92 Å². The van der Waals surface area contributed by atoms with E-state index in [-0.39, 0.29) is 0 Å². The van der Waals surface area contributed by atoms with E-state index < -0.39 is 0 Å². The molecular weight excluding hydrogens is 222 g/mol. The van der Waals surface area contributed by atoms with Crippen LogP contribution in [0.2, 0.25) is 0 Å². The minimum atomic E-state index is 0.886. The molecule has 18 heavy (non-hydrogen) atoms. The van der Waals surface area contributed by atoms with Crippen LogP contribution in [-0.4, -0.2) is 15.0 Å². The molecule has 3 heteroatoms. The van der Waals surface area contributed by atoms with Gasteiger partial charge in [0.05, 0.1) is 5.69 Å². The second-order valence-corrected chi connectivity index (χ2v) is 5.44. The number of aryl methyl sites for hydroxylation is 2. The van der Waals surface area contributed by atoms with Crippen LogP contribution in [0.25, 0.3) is 0 Å². The van der Waals surface area contributed by atoms with E-state index in [1.165, 1.54) is 44.9 Å². The third-order valence-electron chi connectivity index (χ3n) is 3.65. The van der Waals surface area contributed by atoms with Gasteiger partial charge in [-0.25, -0.2) is 0 Å². The van der Waals surface area contributed by atoms with Crippen LogP contribution in [0.1, 0.15) is 71.4 Å². The Morgan fingerprint density at radius 3 is 2.72 bits per heavy atom. The molecule has 0 aliphatic rings. The monoisotopic (exact) mass is 251 g/mol. The standard InChI is InChI=1S/C15H29N3/c1-4-6-11-15-13-18(17-16-15)12-9-7-8-10-14(3)5-2/h13-14H,4-12H2,1-3H3. The predicted molar refractivity (Wildman–Crippen MR) is 76.6 cm³/mol. The maximum Gasteiger partial charge on any atom is 0.0827 e. The van der Waals surface area contributed by atoms with Crippen LogP contribution in [0.4, 0.5) is 0 Å². The van der Waals surface area contributed by atoms with E-state index in [1.807, 2.05) is 4.68 Å². The fourth-order valence-electron chi connectivity index (χ4n) is 2.07. The number of hydrogen-bond donors (Lipinski definition) is 0. The summed E-state index contributed by atoms with van der Waals surface area (Å²) in [7, 11) is 0. The van der Waals surface area contributed by atoms with E-state index in [0.717, 1.165) is 24.6 Å². The van der Waals surface area contributed by atoms with Crippen molar-refractivity contribution in [1.82, 2.24) is 15.0 Å². The minimum Gasteiger partial charge on any atom is -0.252 e. The Labute approximate surface area is 112 Å². The fraction of sp³-hybridized carbons (Fsp3) is 0.867. The van der Waals surface area contributed by atoms with Crippen molar-refractivity contribution in [3.8, 4) is 0 Å². The van der Waals surface area contributed by atoms with Gasteiger partial charge in [-0.15, -0.1) is 5.10 Å². The van der Waals surface area contributed by atoms with Gasteiger partial charge in [-0.05, 0) is 25.2 Å². The molecule has 0 amide bonds. The SMILES string of the molecule is CCCCc1cn(CCCCCC(C)CC)nn1. The van der Waals surface area contributed by atoms with E-state index in [1.54, 1.807) is 0 Å². The Balaban J connectivity index is 2.10. The van der Waals surface area contributed by atoms with Gasteiger partial charge in [-0.2, -0.15) is 0 Å². The van der Waals surface area contributed by atoms with Crippen molar-refractivity contribution < 1.29 is 0 Å². The van der Waals surface area contributed by atoms with Gasteiger partial charge in [0, 0.05) is 12.7 Å². The van der Waals surface area contributed by atoms with Crippen LogP contribution >= 0.6 is 0 Å². The van der Waals surface area contributed by atoms with Crippen LogP contribution in [0.5, 0.6) is 0 Å². The first kappa shape index (κ1) is 15.2. The molecule has 1 atom stereocenters. The van der Waals surface area contributed by atoms with Crippen molar-refractivity contribution in [3.63, 3.8) is 0 Å². The van der Waals surface area contributed by atoms with Gasteiger partial charge >= 0.3 is 0 Å². The molecule has 0 radical (unpaired) electrons. The van der Waals surface area contributed by atoms with Crippen molar-refractivity contribution in [2.24, 2.45) is 5.92 Å². The normalized spacial score (nSPS) is 12.8.